The minimum absolute atomic E-state index is 0. The number of nitrogens with one attached hydrogen (secondary N) is 1. The van der Waals surface area contributed by atoms with E-state index in [-0.39, 0.29) is 29.9 Å². The van der Waals surface area contributed by atoms with Gasteiger partial charge in [0.15, 0.2) is 5.96 Å². The Morgan fingerprint density at radius 2 is 2.04 bits per heavy atom. The Hall–Kier alpha value is -1.36. The topological polar surface area (TPSA) is 69.0 Å². The number of piperazine rings is 1. The van der Waals surface area contributed by atoms with Gasteiger partial charge in [-0.05, 0) is 25.9 Å². The number of hydrogen-bond donors (Lipinski definition) is 1. The Kier molecular flexibility index (Phi) is 7.48. The van der Waals surface area contributed by atoms with Crippen LogP contribution in [-0.2, 0) is 11.8 Å². The first-order valence-electron chi connectivity index (χ1n) is 8.64. The summed E-state index contributed by atoms with van der Waals surface area (Å²) in [4.78, 5) is 23.1. The lowest BCUT2D eigenvalue weighted by Crippen LogP contribution is -2.55. The zero-order valence-corrected chi connectivity index (χ0v) is 17.3. The quantitative estimate of drug-likeness (QED) is 0.399. The highest BCUT2D eigenvalue weighted by Crippen LogP contribution is 2.16. The summed E-state index contributed by atoms with van der Waals surface area (Å²) in [6.07, 6.45) is 6.21. The molecule has 3 rings (SSSR count). The van der Waals surface area contributed by atoms with Gasteiger partial charge in [0, 0.05) is 46.5 Å². The summed E-state index contributed by atoms with van der Waals surface area (Å²) in [6, 6.07) is 0. The molecule has 2 saturated heterocycles. The van der Waals surface area contributed by atoms with Crippen LogP contribution in [0.5, 0.6) is 0 Å². The number of hydrogen-bond acceptors (Lipinski definition) is 4. The number of aliphatic imine (C=N–C) groups is 1. The summed E-state index contributed by atoms with van der Waals surface area (Å²) in [6.45, 7) is 6.05. The van der Waals surface area contributed by atoms with Crippen LogP contribution in [0.2, 0.25) is 0 Å². The maximum atomic E-state index is 12.5. The third kappa shape index (κ3) is 5.06. The van der Waals surface area contributed by atoms with Gasteiger partial charge < -0.3 is 20.0 Å². The van der Waals surface area contributed by atoms with Gasteiger partial charge in [0.05, 0.1) is 11.9 Å². The molecule has 2 aliphatic heterocycles. The van der Waals surface area contributed by atoms with Crippen LogP contribution in [0.3, 0.4) is 0 Å². The summed E-state index contributed by atoms with van der Waals surface area (Å²) >= 11 is 0. The molecule has 0 saturated carbocycles. The molecule has 0 radical (unpaired) electrons. The molecule has 0 spiro atoms. The summed E-state index contributed by atoms with van der Waals surface area (Å²) in [5.74, 6) is 0.894. The molecule has 1 aromatic heterocycles. The first-order chi connectivity index (χ1) is 11.7. The number of amides is 1. The van der Waals surface area contributed by atoms with Gasteiger partial charge in [-0.25, -0.2) is 0 Å². The number of likely N-dealkylation sites (tertiary alicyclic amines) is 1. The molecule has 0 bridgehead atoms. The highest BCUT2D eigenvalue weighted by molar-refractivity contribution is 14.0. The van der Waals surface area contributed by atoms with Crippen molar-refractivity contribution in [2.24, 2.45) is 12.0 Å². The molecule has 1 aromatic rings. The van der Waals surface area contributed by atoms with E-state index in [4.69, 9.17) is 0 Å². The van der Waals surface area contributed by atoms with Gasteiger partial charge in [0.25, 0.3) is 0 Å². The molecule has 1 amide bonds. The average molecular weight is 461 g/mol. The molecule has 0 unspecified atom stereocenters. The number of aromatic nitrogens is 2. The molecule has 1 N–H and O–H groups in total. The van der Waals surface area contributed by atoms with E-state index in [1.807, 2.05) is 18.1 Å². The van der Waals surface area contributed by atoms with Crippen molar-refractivity contribution in [3.05, 3.63) is 12.4 Å². The van der Waals surface area contributed by atoms with Crippen LogP contribution >= 0.6 is 24.0 Å². The summed E-state index contributed by atoms with van der Waals surface area (Å²) < 4.78 is 1.72. The molecule has 25 heavy (non-hydrogen) atoms. The van der Waals surface area contributed by atoms with Gasteiger partial charge in [-0.1, -0.05) is 0 Å². The highest BCUT2D eigenvalue weighted by Gasteiger charge is 2.27. The minimum atomic E-state index is 0. The molecule has 140 valence electrons. The largest absolute Gasteiger partial charge is 0.355 e. The van der Waals surface area contributed by atoms with E-state index in [0.29, 0.717) is 13.1 Å². The van der Waals surface area contributed by atoms with Crippen LogP contribution in [0.25, 0.3) is 0 Å². The Bertz CT molecular complexity index is 597. The van der Waals surface area contributed by atoms with Gasteiger partial charge in [0.1, 0.15) is 6.54 Å². The standard InChI is InChI=1S/C16H27N7O.HI/c1-17-16(18-5-8-21-6-3-4-7-21)22-9-10-23(15(24)13-22)14-11-19-20(2)12-14;/h11-12H,3-10,13H2,1-2H3,(H,17,18);1H. The molecule has 0 aromatic carbocycles. The van der Waals surface area contributed by atoms with E-state index in [0.717, 1.165) is 31.3 Å². The smallest absolute Gasteiger partial charge is 0.246 e. The lowest BCUT2D eigenvalue weighted by Gasteiger charge is -2.35. The van der Waals surface area contributed by atoms with Gasteiger partial charge in [0.2, 0.25) is 5.91 Å². The number of halogens is 1. The highest BCUT2D eigenvalue weighted by atomic mass is 127. The van der Waals surface area contributed by atoms with Crippen molar-refractivity contribution < 1.29 is 4.79 Å². The van der Waals surface area contributed by atoms with Crippen molar-refractivity contribution in [3.8, 4) is 0 Å². The SMILES string of the molecule is CN=C(NCCN1CCCC1)N1CCN(c2cnn(C)c2)C(=O)C1.I. The number of aryl methyl sites for hydroxylation is 1. The molecule has 2 aliphatic rings. The lowest BCUT2D eigenvalue weighted by atomic mass is 10.3. The van der Waals surface area contributed by atoms with Crippen LogP contribution < -0.4 is 10.2 Å². The maximum Gasteiger partial charge on any atom is 0.246 e. The van der Waals surface area contributed by atoms with Gasteiger partial charge in [-0.3, -0.25) is 14.5 Å². The van der Waals surface area contributed by atoms with E-state index in [9.17, 15) is 4.79 Å². The van der Waals surface area contributed by atoms with E-state index in [2.05, 4.69) is 20.3 Å². The molecular weight excluding hydrogens is 433 g/mol. The number of carbonyl (C=O) groups is 1. The maximum absolute atomic E-state index is 12.5. The molecule has 0 aliphatic carbocycles. The molecule has 8 nitrogen and oxygen atoms in total. The van der Waals surface area contributed by atoms with Crippen molar-refractivity contribution in [1.82, 2.24) is 24.9 Å². The monoisotopic (exact) mass is 461 g/mol. The zero-order chi connectivity index (χ0) is 16.9. The fourth-order valence-corrected chi connectivity index (χ4v) is 3.34. The molecule has 2 fully saturated rings. The van der Waals surface area contributed by atoms with Crippen LogP contribution in [0.1, 0.15) is 12.8 Å². The van der Waals surface area contributed by atoms with Gasteiger partial charge in [-0.15, -0.1) is 24.0 Å². The second-order valence-electron chi connectivity index (χ2n) is 6.36. The summed E-state index contributed by atoms with van der Waals surface area (Å²) in [7, 11) is 3.63. The Labute approximate surface area is 166 Å². The molecule has 0 atom stereocenters. The van der Waals surface area contributed by atoms with Crippen LogP contribution in [-0.4, -0.2) is 84.3 Å². The van der Waals surface area contributed by atoms with Crippen molar-refractivity contribution >= 4 is 41.5 Å². The van der Waals surface area contributed by atoms with E-state index < -0.39 is 0 Å². The number of nitrogens with zero attached hydrogens (tertiary/aromatic N) is 6. The number of guanidine groups is 1. The van der Waals surface area contributed by atoms with Gasteiger partial charge in [-0.2, -0.15) is 5.10 Å². The number of rotatable bonds is 4. The zero-order valence-electron chi connectivity index (χ0n) is 15.0. The third-order valence-corrected chi connectivity index (χ3v) is 4.64. The van der Waals surface area contributed by atoms with Crippen molar-refractivity contribution in [3.63, 3.8) is 0 Å². The van der Waals surface area contributed by atoms with Crippen molar-refractivity contribution in [2.75, 3.05) is 57.8 Å². The first kappa shape index (κ1) is 20.0. The second-order valence-corrected chi connectivity index (χ2v) is 6.36. The van der Waals surface area contributed by atoms with Crippen LogP contribution in [0, 0.1) is 0 Å². The van der Waals surface area contributed by atoms with Gasteiger partial charge >= 0.3 is 0 Å². The minimum Gasteiger partial charge on any atom is -0.355 e. The lowest BCUT2D eigenvalue weighted by molar-refractivity contribution is -0.120. The number of anilines is 1. The number of carbonyl (C=O) groups excluding carboxylic acids is 1. The second kappa shape index (κ2) is 9.37. The summed E-state index contributed by atoms with van der Waals surface area (Å²) in [5.41, 5.74) is 0.860. The predicted octanol–water partition coefficient (Wildman–Crippen LogP) is 0.358. The average Bonchev–Trinajstić information content (AvgIpc) is 3.23. The molecule has 3 heterocycles. The first-order valence-corrected chi connectivity index (χ1v) is 8.64. The van der Waals surface area contributed by atoms with E-state index in [1.165, 1.54) is 25.9 Å². The predicted molar refractivity (Wildman–Crippen MR) is 110 cm³/mol. The summed E-state index contributed by atoms with van der Waals surface area (Å²) in [5, 5.41) is 7.54. The van der Waals surface area contributed by atoms with Crippen molar-refractivity contribution in [2.45, 2.75) is 12.8 Å². The Morgan fingerprint density at radius 3 is 2.64 bits per heavy atom. The molecular formula is C16H28IN7O. The van der Waals surface area contributed by atoms with Crippen molar-refractivity contribution in [1.29, 1.82) is 0 Å². The third-order valence-electron chi connectivity index (χ3n) is 4.64. The van der Waals surface area contributed by atoms with Crippen LogP contribution in [0.15, 0.2) is 17.4 Å². The van der Waals surface area contributed by atoms with E-state index >= 15 is 0 Å². The normalized spacial score (nSPS) is 19.3. The Balaban J connectivity index is 0.00000225. The molecule has 9 heteroatoms. The fourth-order valence-electron chi connectivity index (χ4n) is 3.34. The van der Waals surface area contributed by atoms with Crippen LogP contribution in [0.4, 0.5) is 5.69 Å². The fraction of sp³-hybridized carbons (Fsp3) is 0.688. The van der Waals surface area contributed by atoms with E-state index in [1.54, 1.807) is 22.8 Å². The Morgan fingerprint density at radius 1 is 1.28 bits per heavy atom.